The van der Waals surface area contributed by atoms with Crippen LogP contribution in [0.1, 0.15) is 28.8 Å². The SMILES string of the molecule is CN(C(=O)c1cccc(-c2ccco2)c1)C1CCCN(Cc2ccccc2F)C1. The molecular formula is C24H25FN2O2. The van der Waals surface area contributed by atoms with Gasteiger partial charge < -0.3 is 9.32 Å². The molecule has 0 bridgehead atoms. The van der Waals surface area contributed by atoms with Crippen molar-refractivity contribution in [1.82, 2.24) is 9.80 Å². The average molecular weight is 392 g/mol. The van der Waals surface area contributed by atoms with Crippen molar-refractivity contribution in [2.75, 3.05) is 20.1 Å². The number of amides is 1. The number of nitrogens with zero attached hydrogens (tertiary/aromatic N) is 2. The molecule has 0 aliphatic carbocycles. The van der Waals surface area contributed by atoms with Gasteiger partial charge in [0.25, 0.3) is 5.91 Å². The van der Waals surface area contributed by atoms with Crippen molar-refractivity contribution in [2.45, 2.75) is 25.4 Å². The maximum atomic E-state index is 14.0. The molecule has 1 atom stereocenters. The van der Waals surface area contributed by atoms with Crippen molar-refractivity contribution in [3.8, 4) is 11.3 Å². The smallest absolute Gasteiger partial charge is 0.253 e. The summed E-state index contributed by atoms with van der Waals surface area (Å²) in [6.45, 7) is 2.23. The third kappa shape index (κ3) is 4.40. The molecule has 0 saturated carbocycles. The molecule has 1 amide bonds. The zero-order valence-electron chi connectivity index (χ0n) is 16.6. The van der Waals surface area contributed by atoms with Gasteiger partial charge in [-0.1, -0.05) is 30.3 Å². The van der Waals surface area contributed by atoms with E-state index in [0.29, 0.717) is 17.7 Å². The zero-order chi connectivity index (χ0) is 20.2. The fourth-order valence-corrected chi connectivity index (χ4v) is 3.98. The summed E-state index contributed by atoms with van der Waals surface area (Å²) in [4.78, 5) is 17.2. The van der Waals surface area contributed by atoms with E-state index in [4.69, 9.17) is 4.42 Å². The van der Waals surface area contributed by atoms with Crippen LogP contribution in [-0.4, -0.2) is 41.9 Å². The van der Waals surface area contributed by atoms with Crippen LogP contribution >= 0.6 is 0 Å². The van der Waals surface area contributed by atoms with Crippen LogP contribution < -0.4 is 0 Å². The molecule has 1 unspecified atom stereocenters. The first-order valence-electron chi connectivity index (χ1n) is 9.98. The summed E-state index contributed by atoms with van der Waals surface area (Å²) in [6.07, 6.45) is 3.57. The summed E-state index contributed by atoms with van der Waals surface area (Å²) in [5.41, 5.74) is 2.24. The minimum Gasteiger partial charge on any atom is -0.464 e. The number of hydrogen-bond acceptors (Lipinski definition) is 3. The van der Waals surface area contributed by atoms with Gasteiger partial charge in [0.1, 0.15) is 11.6 Å². The fourth-order valence-electron chi connectivity index (χ4n) is 3.98. The topological polar surface area (TPSA) is 36.7 Å². The second-order valence-electron chi connectivity index (χ2n) is 7.60. The second-order valence-corrected chi connectivity index (χ2v) is 7.60. The van der Waals surface area contributed by atoms with E-state index in [1.807, 2.05) is 60.5 Å². The normalized spacial score (nSPS) is 17.2. The molecule has 150 valence electrons. The van der Waals surface area contributed by atoms with E-state index in [2.05, 4.69) is 4.90 Å². The summed E-state index contributed by atoms with van der Waals surface area (Å²) < 4.78 is 19.5. The first-order chi connectivity index (χ1) is 14.1. The van der Waals surface area contributed by atoms with Gasteiger partial charge in [0, 0.05) is 42.9 Å². The van der Waals surface area contributed by atoms with Crippen molar-refractivity contribution in [2.24, 2.45) is 0 Å². The number of likely N-dealkylation sites (N-methyl/N-ethyl adjacent to an activating group) is 1. The lowest BCUT2D eigenvalue weighted by atomic mass is 10.0. The Morgan fingerprint density at radius 1 is 1.17 bits per heavy atom. The maximum absolute atomic E-state index is 14.0. The van der Waals surface area contributed by atoms with Gasteiger partial charge in [0.15, 0.2) is 0 Å². The van der Waals surface area contributed by atoms with Crippen LogP contribution in [0.25, 0.3) is 11.3 Å². The van der Waals surface area contributed by atoms with Gasteiger partial charge in [-0.25, -0.2) is 4.39 Å². The number of piperidine rings is 1. The Morgan fingerprint density at radius 3 is 2.83 bits per heavy atom. The summed E-state index contributed by atoms with van der Waals surface area (Å²) in [6, 6.07) is 18.3. The van der Waals surface area contributed by atoms with Crippen LogP contribution in [0, 0.1) is 5.82 Å². The number of likely N-dealkylation sites (tertiary alicyclic amines) is 1. The third-order valence-electron chi connectivity index (χ3n) is 5.62. The number of halogens is 1. The minimum atomic E-state index is -0.172. The largest absolute Gasteiger partial charge is 0.464 e. The van der Waals surface area contributed by atoms with Gasteiger partial charge in [-0.05, 0) is 49.7 Å². The predicted molar refractivity (Wildman–Crippen MR) is 111 cm³/mol. The molecule has 4 nitrogen and oxygen atoms in total. The van der Waals surface area contributed by atoms with Crippen molar-refractivity contribution in [3.05, 3.63) is 83.9 Å². The van der Waals surface area contributed by atoms with Gasteiger partial charge in [0.05, 0.1) is 6.26 Å². The Hall–Kier alpha value is -2.92. The molecule has 3 aromatic rings. The fraction of sp³-hybridized carbons (Fsp3) is 0.292. The Kier molecular flexibility index (Phi) is 5.76. The maximum Gasteiger partial charge on any atom is 0.253 e. The molecular weight excluding hydrogens is 367 g/mol. The van der Waals surface area contributed by atoms with E-state index in [-0.39, 0.29) is 17.8 Å². The number of benzene rings is 2. The first kappa shape index (κ1) is 19.4. The lowest BCUT2D eigenvalue weighted by Gasteiger charge is -2.37. The molecule has 1 aliphatic rings. The van der Waals surface area contributed by atoms with Crippen LogP contribution in [0.15, 0.2) is 71.3 Å². The van der Waals surface area contributed by atoms with Crippen LogP contribution in [-0.2, 0) is 6.54 Å². The van der Waals surface area contributed by atoms with E-state index < -0.39 is 0 Å². The van der Waals surface area contributed by atoms with Crippen molar-refractivity contribution >= 4 is 5.91 Å². The standard InChI is InChI=1S/C24H25FN2O2/c1-26(24(28)19-9-4-8-18(15-19)23-12-6-14-29-23)21-10-5-13-27(17-21)16-20-7-2-3-11-22(20)25/h2-4,6-9,11-12,14-15,21H,5,10,13,16-17H2,1H3. The highest BCUT2D eigenvalue weighted by Crippen LogP contribution is 2.23. The summed E-state index contributed by atoms with van der Waals surface area (Å²) in [7, 11) is 1.86. The molecule has 5 heteroatoms. The summed E-state index contributed by atoms with van der Waals surface area (Å²) >= 11 is 0. The Morgan fingerprint density at radius 2 is 2.03 bits per heavy atom. The average Bonchev–Trinajstić information content (AvgIpc) is 3.30. The Bertz CT molecular complexity index is 971. The molecule has 0 radical (unpaired) electrons. The van der Waals surface area contributed by atoms with Crippen LogP contribution in [0.3, 0.4) is 0 Å². The summed E-state index contributed by atoms with van der Waals surface area (Å²) in [5, 5.41) is 0. The highest BCUT2D eigenvalue weighted by molar-refractivity contribution is 5.95. The number of hydrogen-bond donors (Lipinski definition) is 0. The number of carbonyl (C=O) groups is 1. The molecule has 1 saturated heterocycles. The molecule has 1 fully saturated rings. The van der Waals surface area contributed by atoms with Crippen LogP contribution in [0.2, 0.25) is 0 Å². The molecule has 1 aromatic heterocycles. The molecule has 4 rings (SSSR count). The highest BCUT2D eigenvalue weighted by Gasteiger charge is 2.27. The Balaban J connectivity index is 1.45. The van der Waals surface area contributed by atoms with Crippen molar-refractivity contribution in [1.29, 1.82) is 0 Å². The van der Waals surface area contributed by atoms with E-state index in [0.717, 1.165) is 37.3 Å². The van der Waals surface area contributed by atoms with Gasteiger partial charge in [0.2, 0.25) is 0 Å². The van der Waals surface area contributed by atoms with Gasteiger partial charge in [-0.2, -0.15) is 0 Å². The molecule has 0 N–H and O–H groups in total. The second kappa shape index (κ2) is 8.62. The molecule has 29 heavy (non-hydrogen) atoms. The van der Waals surface area contributed by atoms with E-state index in [1.165, 1.54) is 6.07 Å². The number of rotatable bonds is 5. The zero-order valence-corrected chi connectivity index (χ0v) is 16.6. The van der Waals surface area contributed by atoms with Crippen LogP contribution in [0.4, 0.5) is 4.39 Å². The monoisotopic (exact) mass is 392 g/mol. The predicted octanol–water partition coefficient (Wildman–Crippen LogP) is 4.82. The molecule has 2 heterocycles. The number of carbonyl (C=O) groups excluding carboxylic acids is 1. The van der Waals surface area contributed by atoms with Gasteiger partial charge >= 0.3 is 0 Å². The van der Waals surface area contributed by atoms with Gasteiger partial charge in [-0.15, -0.1) is 0 Å². The highest BCUT2D eigenvalue weighted by atomic mass is 19.1. The molecule has 0 spiro atoms. The lowest BCUT2D eigenvalue weighted by molar-refractivity contribution is 0.0608. The minimum absolute atomic E-state index is 0.00357. The first-order valence-corrected chi connectivity index (χ1v) is 9.98. The quantitative estimate of drug-likeness (QED) is 0.625. The van der Waals surface area contributed by atoms with Gasteiger partial charge in [-0.3, -0.25) is 9.69 Å². The molecule has 1 aliphatic heterocycles. The van der Waals surface area contributed by atoms with E-state index >= 15 is 0 Å². The van der Waals surface area contributed by atoms with Crippen molar-refractivity contribution in [3.63, 3.8) is 0 Å². The Labute approximate surface area is 170 Å². The third-order valence-corrected chi connectivity index (χ3v) is 5.62. The summed E-state index contributed by atoms with van der Waals surface area (Å²) in [5.74, 6) is 0.570. The lowest BCUT2D eigenvalue weighted by Crippen LogP contribution is -2.48. The van der Waals surface area contributed by atoms with E-state index in [1.54, 1.807) is 12.3 Å². The molecule has 2 aromatic carbocycles. The van der Waals surface area contributed by atoms with Crippen molar-refractivity contribution < 1.29 is 13.6 Å². The number of furan rings is 1. The van der Waals surface area contributed by atoms with Crippen LogP contribution in [0.5, 0.6) is 0 Å². The van der Waals surface area contributed by atoms with E-state index in [9.17, 15) is 9.18 Å².